The van der Waals surface area contributed by atoms with E-state index in [1.807, 2.05) is 0 Å². The molecule has 0 radical (unpaired) electrons. The summed E-state index contributed by atoms with van der Waals surface area (Å²) in [5.74, 6) is 0.531. The molecule has 0 unspecified atom stereocenters. The monoisotopic (exact) mass is 490 g/mol. The lowest BCUT2D eigenvalue weighted by atomic mass is 9.75. The van der Waals surface area contributed by atoms with Crippen molar-refractivity contribution >= 4 is 5.82 Å². The number of piperidine rings is 2. The average molecular weight is 491 g/mol. The number of hydrogen-bond acceptors (Lipinski definition) is 8. The van der Waals surface area contributed by atoms with E-state index in [4.69, 9.17) is 4.74 Å². The van der Waals surface area contributed by atoms with Crippen molar-refractivity contribution in [1.29, 1.82) is 0 Å². The summed E-state index contributed by atoms with van der Waals surface area (Å²) in [6, 6.07) is 7.88. The van der Waals surface area contributed by atoms with Gasteiger partial charge in [0.25, 0.3) is 0 Å². The van der Waals surface area contributed by atoms with Crippen molar-refractivity contribution in [3.8, 4) is 34.1 Å². The van der Waals surface area contributed by atoms with E-state index in [1.54, 1.807) is 24.4 Å². The number of hydrogen-bond donors (Lipinski definition) is 2. The Morgan fingerprint density at radius 1 is 1.08 bits per heavy atom. The minimum atomic E-state index is -0.562. The predicted molar refractivity (Wildman–Crippen MR) is 134 cm³/mol. The fourth-order valence-electron chi connectivity index (χ4n) is 6.03. The van der Waals surface area contributed by atoms with Gasteiger partial charge in [0.05, 0.1) is 18.9 Å². The first kappa shape index (κ1) is 23.1. The maximum absolute atomic E-state index is 14.1. The molecule has 8 nitrogen and oxygen atoms in total. The highest BCUT2D eigenvalue weighted by molar-refractivity contribution is 5.72. The van der Waals surface area contributed by atoms with Gasteiger partial charge in [0.1, 0.15) is 5.75 Å². The number of halogens is 1. The van der Waals surface area contributed by atoms with E-state index in [2.05, 4.69) is 37.3 Å². The molecule has 3 atom stereocenters. The molecule has 2 saturated heterocycles. The lowest BCUT2D eigenvalue weighted by molar-refractivity contribution is 0.138. The first-order chi connectivity index (χ1) is 17.4. The summed E-state index contributed by atoms with van der Waals surface area (Å²) in [4.78, 5) is 11.0. The van der Waals surface area contributed by atoms with E-state index in [0.29, 0.717) is 40.6 Å². The third-order valence-corrected chi connectivity index (χ3v) is 7.80. The number of methoxy groups -OCH3 is 1. The number of phenols is 1. The second-order valence-electron chi connectivity index (χ2n) is 10.6. The van der Waals surface area contributed by atoms with E-state index in [-0.39, 0.29) is 17.2 Å². The molecule has 2 N–H and O–H groups in total. The van der Waals surface area contributed by atoms with Crippen molar-refractivity contribution in [3.05, 3.63) is 42.5 Å². The molecule has 188 valence electrons. The summed E-state index contributed by atoms with van der Waals surface area (Å²) < 4.78 is 19.0. The number of aromatic nitrogens is 4. The standard InChI is InChI=1S/C27H31FN6O2/c1-27-9-3-4-18(31-27)12-20(13-27)34(19-6-7-19)24-15-29-25(33-32-24)21-8-5-16(11-23(21)35)17-10-22(28)26(36-2)30-14-17/h5,8,10-11,14-15,18-20,31,35H,3-4,6-7,9,12-13H2,1-2H3/t18-,20+,27-/m0/s1. The van der Waals surface area contributed by atoms with Gasteiger partial charge in [-0.2, -0.15) is 0 Å². The Bertz CT molecular complexity index is 1270. The zero-order valence-electron chi connectivity index (χ0n) is 20.6. The largest absolute Gasteiger partial charge is 0.507 e. The molecule has 1 aliphatic carbocycles. The summed E-state index contributed by atoms with van der Waals surface area (Å²) in [6.07, 6.45) is 11.6. The number of rotatable bonds is 6. The van der Waals surface area contributed by atoms with Crippen LogP contribution in [-0.4, -0.2) is 56.0 Å². The number of ether oxygens (including phenoxy) is 1. The van der Waals surface area contributed by atoms with Gasteiger partial charge in [-0.15, -0.1) is 10.2 Å². The third-order valence-electron chi connectivity index (χ3n) is 7.80. The summed E-state index contributed by atoms with van der Waals surface area (Å²) in [5, 5.41) is 23.5. The summed E-state index contributed by atoms with van der Waals surface area (Å²) in [6.45, 7) is 2.35. The number of aromatic hydroxyl groups is 1. The predicted octanol–water partition coefficient (Wildman–Crippen LogP) is 4.49. The smallest absolute Gasteiger partial charge is 0.250 e. The van der Waals surface area contributed by atoms with Gasteiger partial charge in [-0.25, -0.2) is 14.4 Å². The van der Waals surface area contributed by atoms with E-state index in [0.717, 1.165) is 18.7 Å². The van der Waals surface area contributed by atoms with Gasteiger partial charge < -0.3 is 20.1 Å². The zero-order chi connectivity index (χ0) is 24.9. The van der Waals surface area contributed by atoms with Crippen LogP contribution in [0.2, 0.25) is 0 Å². The molecule has 1 saturated carbocycles. The number of anilines is 1. The SMILES string of the molecule is COc1ncc(-c2ccc(-c3ncc(N(C4CC4)[C@@H]4C[C@@H]5CCC[C@@](C)(C4)N5)nn3)c(O)c2)cc1F. The van der Waals surface area contributed by atoms with Crippen molar-refractivity contribution < 1.29 is 14.2 Å². The van der Waals surface area contributed by atoms with Crippen LogP contribution in [0.5, 0.6) is 11.6 Å². The van der Waals surface area contributed by atoms with Crippen molar-refractivity contribution in [2.24, 2.45) is 0 Å². The van der Waals surface area contributed by atoms with Crippen molar-refractivity contribution in [2.75, 3.05) is 12.0 Å². The fourth-order valence-corrected chi connectivity index (χ4v) is 6.03. The van der Waals surface area contributed by atoms with E-state index >= 15 is 0 Å². The topological polar surface area (TPSA) is 96.3 Å². The number of nitrogens with zero attached hydrogens (tertiary/aromatic N) is 5. The van der Waals surface area contributed by atoms with Gasteiger partial charge in [-0.1, -0.05) is 12.5 Å². The summed E-state index contributed by atoms with van der Waals surface area (Å²) in [5.41, 5.74) is 1.82. The highest BCUT2D eigenvalue weighted by Gasteiger charge is 2.45. The first-order valence-corrected chi connectivity index (χ1v) is 12.7. The third kappa shape index (κ3) is 4.36. The van der Waals surface area contributed by atoms with Gasteiger partial charge in [0, 0.05) is 35.4 Å². The molecule has 1 aromatic carbocycles. The van der Waals surface area contributed by atoms with E-state index in [9.17, 15) is 9.50 Å². The van der Waals surface area contributed by atoms with Crippen molar-refractivity contribution in [3.63, 3.8) is 0 Å². The lowest BCUT2D eigenvalue weighted by Gasteiger charge is -2.50. The minimum absolute atomic E-state index is 0.00331. The molecule has 36 heavy (non-hydrogen) atoms. The van der Waals surface area contributed by atoms with Gasteiger partial charge in [0.15, 0.2) is 17.5 Å². The van der Waals surface area contributed by atoms with Gasteiger partial charge in [-0.05, 0) is 69.2 Å². The Kier molecular flexibility index (Phi) is 5.75. The van der Waals surface area contributed by atoms with E-state index in [1.165, 1.54) is 51.5 Å². The number of fused-ring (bicyclic) bond motifs is 2. The molecule has 3 aliphatic rings. The van der Waals surface area contributed by atoms with Gasteiger partial charge in [0.2, 0.25) is 5.88 Å². The second kappa shape index (κ2) is 8.96. The number of benzene rings is 1. The van der Waals surface area contributed by atoms with Crippen LogP contribution in [0, 0.1) is 5.82 Å². The molecule has 3 aromatic rings. The molecule has 0 amide bonds. The molecule has 2 bridgehead atoms. The Labute approximate surface area is 210 Å². The van der Waals surface area contributed by atoms with Gasteiger partial charge >= 0.3 is 0 Å². The first-order valence-electron chi connectivity index (χ1n) is 12.7. The van der Waals surface area contributed by atoms with E-state index < -0.39 is 5.82 Å². The van der Waals surface area contributed by atoms with Crippen molar-refractivity contribution in [1.82, 2.24) is 25.5 Å². The zero-order valence-corrected chi connectivity index (χ0v) is 20.6. The number of pyridine rings is 1. The average Bonchev–Trinajstić information content (AvgIpc) is 3.69. The fraction of sp³-hybridized carbons (Fsp3) is 0.481. The van der Waals surface area contributed by atoms with Crippen LogP contribution in [0.1, 0.15) is 51.9 Å². The minimum Gasteiger partial charge on any atom is -0.507 e. The lowest BCUT2D eigenvalue weighted by Crippen LogP contribution is -2.61. The molecule has 4 heterocycles. The molecule has 2 aromatic heterocycles. The molecule has 6 rings (SSSR count). The highest BCUT2D eigenvalue weighted by atomic mass is 19.1. The summed E-state index contributed by atoms with van der Waals surface area (Å²) >= 11 is 0. The van der Waals surface area contributed by atoms with Crippen LogP contribution >= 0.6 is 0 Å². The highest BCUT2D eigenvalue weighted by Crippen LogP contribution is 2.41. The number of phenolic OH excluding ortho intramolecular Hbond substituents is 1. The molecule has 3 fully saturated rings. The van der Waals surface area contributed by atoms with Crippen LogP contribution in [0.25, 0.3) is 22.5 Å². The van der Waals surface area contributed by atoms with Crippen LogP contribution in [-0.2, 0) is 0 Å². The van der Waals surface area contributed by atoms with Gasteiger partial charge in [-0.3, -0.25) is 0 Å². The van der Waals surface area contributed by atoms with Crippen LogP contribution in [0.3, 0.4) is 0 Å². The Morgan fingerprint density at radius 3 is 2.61 bits per heavy atom. The molecule has 0 spiro atoms. The van der Waals surface area contributed by atoms with Crippen LogP contribution in [0.4, 0.5) is 10.2 Å². The number of nitrogens with one attached hydrogen (secondary N) is 1. The molecular formula is C27H31FN6O2. The Morgan fingerprint density at radius 2 is 1.94 bits per heavy atom. The Balaban J connectivity index is 1.24. The molecular weight excluding hydrogens is 459 g/mol. The maximum Gasteiger partial charge on any atom is 0.250 e. The van der Waals surface area contributed by atoms with Crippen LogP contribution < -0.4 is 15.0 Å². The van der Waals surface area contributed by atoms with Crippen LogP contribution in [0.15, 0.2) is 36.7 Å². The maximum atomic E-state index is 14.1. The Hall–Kier alpha value is -3.33. The molecule has 2 aliphatic heterocycles. The quantitative estimate of drug-likeness (QED) is 0.522. The molecule has 9 heteroatoms. The second-order valence-corrected chi connectivity index (χ2v) is 10.6. The summed E-state index contributed by atoms with van der Waals surface area (Å²) in [7, 11) is 1.37. The normalized spacial score (nSPS) is 25.4. The van der Waals surface area contributed by atoms with Crippen molar-refractivity contribution in [2.45, 2.75) is 75.5 Å².